The third-order valence-corrected chi connectivity index (χ3v) is 2.92. The predicted molar refractivity (Wildman–Crippen MR) is 61.5 cm³/mol. The first-order valence-corrected chi connectivity index (χ1v) is 5.49. The molecule has 0 bridgehead atoms. The highest BCUT2D eigenvalue weighted by Crippen LogP contribution is 2.36. The molecule has 1 aliphatic carbocycles. The second-order valence-corrected chi connectivity index (χ2v) is 4.38. The van der Waals surface area contributed by atoms with Crippen molar-refractivity contribution in [2.75, 3.05) is 12.8 Å². The van der Waals surface area contributed by atoms with Gasteiger partial charge in [-0.3, -0.25) is 4.79 Å². The molecule has 1 aromatic heterocycles. The summed E-state index contributed by atoms with van der Waals surface area (Å²) in [6, 6.07) is 1.54. The number of carbonyl (C=O) groups excluding carboxylic acids is 1. The van der Waals surface area contributed by atoms with Crippen molar-refractivity contribution in [1.29, 1.82) is 0 Å². The van der Waals surface area contributed by atoms with Crippen LogP contribution in [0, 0.1) is 5.92 Å². The van der Waals surface area contributed by atoms with Crippen LogP contribution in [-0.2, 0) is 4.74 Å². The molecular weight excluding hydrogens is 228 g/mol. The number of pyridine rings is 1. The highest BCUT2D eigenvalue weighted by Gasteiger charge is 2.37. The molecule has 1 heterocycles. The molecule has 1 saturated carbocycles. The van der Waals surface area contributed by atoms with Gasteiger partial charge in [0.15, 0.2) is 5.78 Å². The lowest BCUT2D eigenvalue weighted by molar-refractivity contribution is 0.0540. The van der Waals surface area contributed by atoms with Crippen LogP contribution in [0.2, 0.25) is 5.02 Å². The van der Waals surface area contributed by atoms with Gasteiger partial charge in [-0.1, -0.05) is 11.6 Å². The first-order chi connectivity index (χ1) is 7.63. The van der Waals surface area contributed by atoms with Crippen LogP contribution >= 0.6 is 11.6 Å². The average molecular weight is 241 g/mol. The molecule has 1 aliphatic rings. The molecule has 0 aromatic carbocycles. The fourth-order valence-corrected chi connectivity index (χ4v) is 1.87. The standard InChI is InChI=1S/C11H13ClN2O2/c1-16-10(6-2-3-6)9(15)8-4-7(12)5-14-11(8)13/h4-6,10H,2-3H2,1H3,(H2,13,14). The van der Waals surface area contributed by atoms with Gasteiger partial charge in [-0.2, -0.15) is 0 Å². The van der Waals surface area contributed by atoms with Crippen LogP contribution in [0.1, 0.15) is 23.2 Å². The summed E-state index contributed by atoms with van der Waals surface area (Å²) < 4.78 is 5.21. The molecule has 2 rings (SSSR count). The van der Waals surface area contributed by atoms with Gasteiger partial charge in [0.05, 0.1) is 10.6 Å². The van der Waals surface area contributed by atoms with E-state index in [1.165, 1.54) is 13.3 Å². The second kappa shape index (κ2) is 4.39. The van der Waals surface area contributed by atoms with E-state index in [2.05, 4.69) is 4.98 Å². The number of halogens is 1. The third-order valence-electron chi connectivity index (χ3n) is 2.71. The SMILES string of the molecule is COC(C(=O)c1cc(Cl)cnc1N)C1CC1. The van der Waals surface area contributed by atoms with Crippen LogP contribution in [0.15, 0.2) is 12.3 Å². The van der Waals surface area contributed by atoms with Gasteiger partial charge in [-0.25, -0.2) is 4.98 Å². The minimum atomic E-state index is -0.414. The molecule has 5 heteroatoms. The van der Waals surface area contributed by atoms with Gasteiger partial charge in [0.25, 0.3) is 0 Å². The number of nitrogens with zero attached hydrogens (tertiary/aromatic N) is 1. The number of rotatable bonds is 4. The Kier molecular flexibility index (Phi) is 3.12. The Morgan fingerprint density at radius 1 is 1.69 bits per heavy atom. The Hall–Kier alpha value is -1.13. The van der Waals surface area contributed by atoms with E-state index in [-0.39, 0.29) is 11.6 Å². The molecule has 86 valence electrons. The van der Waals surface area contributed by atoms with E-state index in [9.17, 15) is 4.79 Å². The zero-order valence-electron chi connectivity index (χ0n) is 8.94. The number of ether oxygens (including phenoxy) is 1. The van der Waals surface area contributed by atoms with E-state index in [0.717, 1.165) is 12.8 Å². The smallest absolute Gasteiger partial charge is 0.195 e. The van der Waals surface area contributed by atoms with Crippen LogP contribution in [0.5, 0.6) is 0 Å². The second-order valence-electron chi connectivity index (χ2n) is 3.94. The van der Waals surface area contributed by atoms with Crippen LogP contribution in [-0.4, -0.2) is 24.0 Å². The zero-order chi connectivity index (χ0) is 11.7. The molecule has 0 saturated heterocycles. The molecule has 1 fully saturated rings. The number of hydrogen-bond donors (Lipinski definition) is 1. The highest BCUT2D eigenvalue weighted by atomic mass is 35.5. The summed E-state index contributed by atoms with van der Waals surface area (Å²) in [5, 5.41) is 0.406. The summed E-state index contributed by atoms with van der Waals surface area (Å²) >= 11 is 5.79. The number of nitrogens with two attached hydrogens (primary N) is 1. The summed E-state index contributed by atoms with van der Waals surface area (Å²) in [6.07, 6.45) is 3.06. The Morgan fingerprint density at radius 3 is 2.94 bits per heavy atom. The number of aromatic nitrogens is 1. The van der Waals surface area contributed by atoms with Crippen molar-refractivity contribution < 1.29 is 9.53 Å². The molecule has 1 atom stereocenters. The van der Waals surface area contributed by atoms with Gasteiger partial charge in [-0.05, 0) is 24.8 Å². The molecule has 16 heavy (non-hydrogen) atoms. The number of carbonyl (C=O) groups is 1. The van der Waals surface area contributed by atoms with Gasteiger partial charge in [0, 0.05) is 13.3 Å². The number of hydrogen-bond acceptors (Lipinski definition) is 4. The van der Waals surface area contributed by atoms with Gasteiger partial charge in [0.2, 0.25) is 0 Å². The van der Waals surface area contributed by atoms with Crippen molar-refractivity contribution in [2.24, 2.45) is 5.92 Å². The summed E-state index contributed by atoms with van der Waals surface area (Å²) in [6.45, 7) is 0. The summed E-state index contributed by atoms with van der Waals surface area (Å²) in [5.74, 6) is 0.394. The third kappa shape index (κ3) is 2.18. The monoisotopic (exact) mass is 240 g/mol. The van der Waals surface area contributed by atoms with E-state index >= 15 is 0 Å². The summed E-state index contributed by atoms with van der Waals surface area (Å²) in [7, 11) is 1.54. The van der Waals surface area contributed by atoms with Gasteiger partial charge < -0.3 is 10.5 Å². The maximum atomic E-state index is 12.1. The normalized spacial score (nSPS) is 17.1. The fraction of sp³-hybridized carbons (Fsp3) is 0.455. The van der Waals surface area contributed by atoms with Crippen molar-refractivity contribution in [3.8, 4) is 0 Å². The highest BCUT2D eigenvalue weighted by molar-refractivity contribution is 6.31. The maximum absolute atomic E-state index is 12.1. The van der Waals surface area contributed by atoms with Gasteiger partial charge in [0.1, 0.15) is 11.9 Å². The molecular formula is C11H13ClN2O2. The molecule has 4 nitrogen and oxygen atoms in total. The van der Waals surface area contributed by atoms with Crippen molar-refractivity contribution in [3.05, 3.63) is 22.8 Å². The molecule has 0 radical (unpaired) electrons. The summed E-state index contributed by atoms with van der Waals surface area (Å²) in [4.78, 5) is 16.0. The number of anilines is 1. The zero-order valence-corrected chi connectivity index (χ0v) is 9.70. The Bertz CT molecular complexity index is 418. The average Bonchev–Trinajstić information content (AvgIpc) is 3.07. The Balaban J connectivity index is 2.28. The number of nitrogen functional groups attached to an aromatic ring is 1. The van der Waals surface area contributed by atoms with Crippen molar-refractivity contribution in [3.63, 3.8) is 0 Å². The van der Waals surface area contributed by atoms with Crippen LogP contribution in [0.3, 0.4) is 0 Å². The van der Waals surface area contributed by atoms with E-state index in [0.29, 0.717) is 16.5 Å². The lowest BCUT2D eigenvalue weighted by Crippen LogP contribution is -2.26. The van der Waals surface area contributed by atoms with Crippen LogP contribution in [0.25, 0.3) is 0 Å². The molecule has 1 unspecified atom stereocenters. The molecule has 2 N–H and O–H groups in total. The Labute approximate surface area is 98.8 Å². The largest absolute Gasteiger partial charge is 0.383 e. The lowest BCUT2D eigenvalue weighted by Gasteiger charge is -2.14. The first kappa shape index (κ1) is 11.4. The summed E-state index contributed by atoms with van der Waals surface area (Å²) in [5.41, 5.74) is 6.01. The van der Waals surface area contributed by atoms with E-state index < -0.39 is 6.10 Å². The van der Waals surface area contributed by atoms with E-state index in [4.69, 9.17) is 22.1 Å². The quantitative estimate of drug-likeness (QED) is 0.817. The minimum Gasteiger partial charge on any atom is -0.383 e. The molecule has 0 aliphatic heterocycles. The predicted octanol–water partition coefficient (Wildman–Crippen LogP) is 1.92. The molecule has 0 amide bonds. The number of methoxy groups -OCH3 is 1. The lowest BCUT2D eigenvalue weighted by atomic mass is 10.0. The first-order valence-electron chi connectivity index (χ1n) is 5.11. The van der Waals surface area contributed by atoms with Crippen molar-refractivity contribution >= 4 is 23.2 Å². The number of ketones is 1. The Morgan fingerprint density at radius 2 is 2.38 bits per heavy atom. The van der Waals surface area contributed by atoms with Crippen LogP contribution < -0.4 is 5.73 Å². The van der Waals surface area contributed by atoms with Crippen LogP contribution in [0.4, 0.5) is 5.82 Å². The fourth-order valence-electron chi connectivity index (χ4n) is 1.71. The van der Waals surface area contributed by atoms with Crippen molar-refractivity contribution in [1.82, 2.24) is 4.98 Å². The maximum Gasteiger partial charge on any atom is 0.195 e. The minimum absolute atomic E-state index is 0.127. The molecule has 0 spiro atoms. The van der Waals surface area contributed by atoms with Gasteiger partial charge in [-0.15, -0.1) is 0 Å². The van der Waals surface area contributed by atoms with Gasteiger partial charge >= 0.3 is 0 Å². The molecule has 1 aromatic rings. The number of Topliss-reactive ketones (excluding diaryl/α,β-unsaturated/α-hetero) is 1. The topological polar surface area (TPSA) is 65.2 Å². The van der Waals surface area contributed by atoms with E-state index in [1.807, 2.05) is 0 Å². The van der Waals surface area contributed by atoms with E-state index in [1.54, 1.807) is 6.07 Å². The van der Waals surface area contributed by atoms with Crippen molar-refractivity contribution in [2.45, 2.75) is 18.9 Å².